The van der Waals surface area contributed by atoms with Gasteiger partial charge in [-0.2, -0.15) is 0 Å². The maximum atomic E-state index is 12.0. The van der Waals surface area contributed by atoms with Gasteiger partial charge in [0.05, 0.1) is 18.6 Å². The Morgan fingerprint density at radius 1 is 1.30 bits per heavy atom. The average Bonchev–Trinajstić information content (AvgIpc) is 2.84. The van der Waals surface area contributed by atoms with Crippen LogP contribution in [0.15, 0.2) is 0 Å². The predicted octanol–water partition coefficient (Wildman–Crippen LogP) is 0.324. The molecule has 1 amide bonds. The van der Waals surface area contributed by atoms with Crippen molar-refractivity contribution in [3.05, 3.63) is 0 Å². The SMILES string of the molecule is CC1OCCC1CNCC(=O)N1CCC(C(=O)O)CC1. The molecule has 20 heavy (non-hydrogen) atoms. The Labute approximate surface area is 119 Å². The number of hydrogen-bond donors (Lipinski definition) is 2. The lowest BCUT2D eigenvalue weighted by Gasteiger charge is -2.30. The van der Waals surface area contributed by atoms with E-state index in [9.17, 15) is 9.59 Å². The van der Waals surface area contributed by atoms with Gasteiger partial charge in [-0.3, -0.25) is 9.59 Å². The number of ether oxygens (including phenoxy) is 1. The van der Waals surface area contributed by atoms with Crippen LogP contribution >= 0.6 is 0 Å². The normalized spacial score (nSPS) is 27.8. The summed E-state index contributed by atoms with van der Waals surface area (Å²) in [6, 6.07) is 0. The lowest BCUT2D eigenvalue weighted by Crippen LogP contribution is -2.44. The van der Waals surface area contributed by atoms with Crippen LogP contribution in [0.25, 0.3) is 0 Å². The van der Waals surface area contributed by atoms with Gasteiger partial charge >= 0.3 is 5.97 Å². The molecule has 2 fully saturated rings. The molecular formula is C14H24N2O4. The van der Waals surface area contributed by atoms with E-state index in [0.29, 0.717) is 38.4 Å². The lowest BCUT2D eigenvalue weighted by atomic mass is 9.97. The van der Waals surface area contributed by atoms with Crippen LogP contribution in [0.4, 0.5) is 0 Å². The molecule has 114 valence electrons. The Bertz CT molecular complexity index is 353. The number of carboxylic acids is 1. The number of rotatable bonds is 5. The van der Waals surface area contributed by atoms with Gasteiger partial charge in [0.1, 0.15) is 0 Å². The van der Waals surface area contributed by atoms with Gasteiger partial charge in [0, 0.05) is 26.2 Å². The highest BCUT2D eigenvalue weighted by Gasteiger charge is 2.27. The molecule has 2 aliphatic rings. The van der Waals surface area contributed by atoms with Gasteiger partial charge in [-0.15, -0.1) is 0 Å². The number of piperidine rings is 1. The minimum atomic E-state index is -0.745. The third-order valence-corrected chi connectivity index (χ3v) is 4.41. The van der Waals surface area contributed by atoms with Crippen LogP contribution in [0, 0.1) is 11.8 Å². The van der Waals surface area contributed by atoms with Crippen molar-refractivity contribution >= 4 is 11.9 Å². The highest BCUT2D eigenvalue weighted by Crippen LogP contribution is 2.19. The molecule has 2 aliphatic heterocycles. The van der Waals surface area contributed by atoms with Gasteiger partial charge in [-0.25, -0.2) is 0 Å². The molecule has 2 rings (SSSR count). The number of likely N-dealkylation sites (tertiary alicyclic amines) is 1. The zero-order valence-electron chi connectivity index (χ0n) is 12.0. The molecule has 2 unspecified atom stereocenters. The molecule has 0 spiro atoms. The minimum absolute atomic E-state index is 0.0698. The van der Waals surface area contributed by atoms with E-state index in [4.69, 9.17) is 9.84 Å². The van der Waals surface area contributed by atoms with E-state index in [2.05, 4.69) is 12.2 Å². The zero-order chi connectivity index (χ0) is 14.5. The first kappa shape index (κ1) is 15.3. The molecule has 2 saturated heterocycles. The lowest BCUT2D eigenvalue weighted by molar-refractivity contribution is -0.145. The average molecular weight is 284 g/mol. The first-order chi connectivity index (χ1) is 9.58. The van der Waals surface area contributed by atoms with Crippen molar-refractivity contribution in [3.63, 3.8) is 0 Å². The van der Waals surface area contributed by atoms with E-state index in [1.54, 1.807) is 4.90 Å². The smallest absolute Gasteiger partial charge is 0.306 e. The summed E-state index contributed by atoms with van der Waals surface area (Å²) in [5.41, 5.74) is 0. The third-order valence-electron chi connectivity index (χ3n) is 4.41. The Hall–Kier alpha value is -1.14. The van der Waals surface area contributed by atoms with Gasteiger partial charge < -0.3 is 20.1 Å². The van der Waals surface area contributed by atoms with Gasteiger partial charge in [-0.05, 0) is 32.1 Å². The number of carboxylic acid groups (broad SMARTS) is 1. The molecule has 0 radical (unpaired) electrons. The Morgan fingerprint density at radius 3 is 2.55 bits per heavy atom. The highest BCUT2D eigenvalue weighted by atomic mass is 16.5. The number of amides is 1. The van der Waals surface area contributed by atoms with Crippen LogP contribution in [-0.2, 0) is 14.3 Å². The van der Waals surface area contributed by atoms with Gasteiger partial charge in [-0.1, -0.05) is 0 Å². The predicted molar refractivity (Wildman–Crippen MR) is 73.3 cm³/mol. The summed E-state index contributed by atoms with van der Waals surface area (Å²) in [5.74, 6) is -0.477. The van der Waals surface area contributed by atoms with Crippen molar-refractivity contribution in [1.29, 1.82) is 0 Å². The molecule has 2 heterocycles. The van der Waals surface area contributed by atoms with Crippen molar-refractivity contribution in [2.45, 2.75) is 32.3 Å². The molecule has 2 N–H and O–H groups in total. The first-order valence-corrected chi connectivity index (χ1v) is 7.41. The molecule has 0 aromatic heterocycles. The first-order valence-electron chi connectivity index (χ1n) is 7.41. The van der Waals surface area contributed by atoms with E-state index in [0.717, 1.165) is 19.6 Å². The summed E-state index contributed by atoms with van der Waals surface area (Å²) in [6.45, 7) is 5.13. The summed E-state index contributed by atoms with van der Waals surface area (Å²) in [5, 5.41) is 12.1. The molecule has 0 aromatic rings. The molecule has 0 aromatic carbocycles. The number of nitrogens with one attached hydrogen (secondary N) is 1. The van der Waals surface area contributed by atoms with Gasteiger partial charge in [0.25, 0.3) is 0 Å². The maximum Gasteiger partial charge on any atom is 0.306 e. The molecular weight excluding hydrogens is 260 g/mol. The fourth-order valence-corrected chi connectivity index (χ4v) is 2.90. The number of aliphatic carboxylic acids is 1. The second-order valence-corrected chi connectivity index (χ2v) is 5.75. The fourth-order valence-electron chi connectivity index (χ4n) is 2.90. The van der Waals surface area contributed by atoms with Crippen LogP contribution < -0.4 is 5.32 Å². The Morgan fingerprint density at radius 2 is 2.00 bits per heavy atom. The van der Waals surface area contributed by atoms with E-state index in [-0.39, 0.29) is 17.9 Å². The van der Waals surface area contributed by atoms with Crippen LogP contribution in [0.2, 0.25) is 0 Å². The number of carbonyl (C=O) groups excluding carboxylic acids is 1. The Balaban J connectivity index is 1.64. The summed E-state index contributed by atoms with van der Waals surface area (Å²) < 4.78 is 5.48. The van der Waals surface area contributed by atoms with Crippen molar-refractivity contribution < 1.29 is 19.4 Å². The van der Waals surface area contributed by atoms with Gasteiger partial charge in [0.2, 0.25) is 5.91 Å². The summed E-state index contributed by atoms with van der Waals surface area (Å²) in [4.78, 5) is 24.6. The second kappa shape index (κ2) is 7.04. The van der Waals surface area contributed by atoms with Crippen molar-refractivity contribution in [2.75, 3.05) is 32.8 Å². The molecule has 6 heteroatoms. The monoisotopic (exact) mass is 284 g/mol. The van der Waals surface area contributed by atoms with Crippen LogP contribution in [0.1, 0.15) is 26.2 Å². The summed E-state index contributed by atoms with van der Waals surface area (Å²) in [7, 11) is 0. The molecule has 6 nitrogen and oxygen atoms in total. The van der Waals surface area contributed by atoms with E-state index in [1.807, 2.05) is 0 Å². The summed E-state index contributed by atoms with van der Waals surface area (Å²) >= 11 is 0. The fraction of sp³-hybridized carbons (Fsp3) is 0.857. The molecule has 0 aliphatic carbocycles. The number of nitrogens with zero attached hydrogens (tertiary/aromatic N) is 1. The minimum Gasteiger partial charge on any atom is -0.481 e. The summed E-state index contributed by atoms with van der Waals surface area (Å²) in [6.07, 6.45) is 2.44. The molecule has 0 bridgehead atoms. The van der Waals surface area contributed by atoms with Crippen LogP contribution in [-0.4, -0.2) is 60.8 Å². The third kappa shape index (κ3) is 3.93. The quantitative estimate of drug-likeness (QED) is 0.760. The largest absolute Gasteiger partial charge is 0.481 e. The van der Waals surface area contributed by atoms with E-state index in [1.165, 1.54) is 0 Å². The second-order valence-electron chi connectivity index (χ2n) is 5.75. The van der Waals surface area contributed by atoms with E-state index < -0.39 is 5.97 Å². The maximum absolute atomic E-state index is 12.0. The number of hydrogen-bond acceptors (Lipinski definition) is 4. The van der Waals surface area contributed by atoms with Crippen molar-refractivity contribution in [2.24, 2.45) is 11.8 Å². The zero-order valence-corrected chi connectivity index (χ0v) is 12.0. The topological polar surface area (TPSA) is 78.9 Å². The standard InChI is InChI=1S/C14H24N2O4/c1-10-12(4-7-20-10)8-15-9-13(17)16-5-2-11(3-6-16)14(18)19/h10-12,15H,2-9H2,1H3,(H,18,19). The Kier molecular flexibility index (Phi) is 5.37. The van der Waals surface area contributed by atoms with E-state index >= 15 is 0 Å². The highest BCUT2D eigenvalue weighted by molar-refractivity contribution is 5.78. The van der Waals surface area contributed by atoms with Crippen LogP contribution in [0.5, 0.6) is 0 Å². The van der Waals surface area contributed by atoms with Crippen molar-refractivity contribution in [3.8, 4) is 0 Å². The molecule has 0 saturated carbocycles. The van der Waals surface area contributed by atoms with Crippen LogP contribution in [0.3, 0.4) is 0 Å². The van der Waals surface area contributed by atoms with Gasteiger partial charge in [0.15, 0.2) is 0 Å². The number of carbonyl (C=O) groups is 2. The van der Waals surface area contributed by atoms with Crippen molar-refractivity contribution in [1.82, 2.24) is 10.2 Å². The molecule has 2 atom stereocenters.